The lowest BCUT2D eigenvalue weighted by Crippen LogP contribution is -2.25. The van der Waals surface area contributed by atoms with Crippen LogP contribution in [0.25, 0.3) is 33.1 Å². The molecule has 0 N–H and O–H groups in total. The molecule has 5 heterocycles. The third-order valence-electron chi connectivity index (χ3n) is 5.50. The van der Waals surface area contributed by atoms with Crippen molar-refractivity contribution in [2.45, 2.75) is 5.79 Å². The maximum Gasteiger partial charge on any atom is 0.225 e. The monoisotopic (exact) mass is 502 g/mol. The van der Waals surface area contributed by atoms with Gasteiger partial charge in [-0.15, -0.1) is 45.3 Å². The van der Waals surface area contributed by atoms with E-state index in [-0.39, 0.29) is 0 Å². The Hall–Kier alpha value is -2.82. The van der Waals surface area contributed by atoms with Crippen LogP contribution in [0.3, 0.4) is 0 Å². The lowest BCUT2D eigenvalue weighted by molar-refractivity contribution is -0.126. The maximum atomic E-state index is 9.67. The number of thiophene rings is 4. The van der Waals surface area contributed by atoms with Gasteiger partial charge in [-0.3, -0.25) is 0 Å². The first-order valence-corrected chi connectivity index (χ1v) is 13.5. The van der Waals surface area contributed by atoms with Gasteiger partial charge in [-0.2, -0.15) is 10.5 Å². The molecule has 8 heteroatoms. The number of rotatable bonds is 4. The maximum absolute atomic E-state index is 9.67. The summed E-state index contributed by atoms with van der Waals surface area (Å²) in [4.78, 5) is 6.13. The van der Waals surface area contributed by atoms with Gasteiger partial charge in [-0.05, 0) is 47.2 Å². The molecule has 4 aromatic heterocycles. The molecule has 0 radical (unpaired) electrons. The van der Waals surface area contributed by atoms with Crippen LogP contribution < -0.4 is 0 Å². The normalized spacial score (nSPS) is 16.5. The van der Waals surface area contributed by atoms with Crippen LogP contribution in [0.15, 0.2) is 47.2 Å². The fourth-order valence-corrected chi connectivity index (χ4v) is 7.95. The third kappa shape index (κ3) is 3.35. The van der Waals surface area contributed by atoms with Crippen LogP contribution in [-0.4, -0.2) is 13.2 Å². The number of ether oxygens (including phenoxy) is 2. The van der Waals surface area contributed by atoms with Gasteiger partial charge < -0.3 is 9.47 Å². The van der Waals surface area contributed by atoms with Gasteiger partial charge in [0.2, 0.25) is 5.79 Å². The van der Waals surface area contributed by atoms with E-state index < -0.39 is 5.79 Å². The van der Waals surface area contributed by atoms with Gasteiger partial charge in [0.15, 0.2) is 0 Å². The quantitative estimate of drug-likeness (QED) is 0.275. The van der Waals surface area contributed by atoms with E-state index in [2.05, 4.69) is 24.3 Å². The second-order valence-corrected chi connectivity index (χ2v) is 11.5. The van der Waals surface area contributed by atoms with E-state index in [0.29, 0.717) is 24.4 Å². The fourth-order valence-electron chi connectivity index (χ4n) is 4.12. The number of fused-ring (bicyclic) bond motifs is 5. The Labute approximate surface area is 206 Å². The van der Waals surface area contributed by atoms with E-state index in [4.69, 9.17) is 9.47 Å². The highest BCUT2D eigenvalue weighted by molar-refractivity contribution is 7.23. The summed E-state index contributed by atoms with van der Waals surface area (Å²) in [6, 6.07) is 16.6. The summed E-state index contributed by atoms with van der Waals surface area (Å²) in [5.74, 6) is -0.901. The fraction of sp³-hybridized carbons (Fsp3) is 0.120. The highest BCUT2D eigenvalue weighted by Crippen LogP contribution is 2.58. The average Bonchev–Trinajstić information content (AvgIpc) is 3.65. The van der Waals surface area contributed by atoms with Gasteiger partial charge in [-0.25, -0.2) is 0 Å². The summed E-state index contributed by atoms with van der Waals surface area (Å²) in [6.45, 7) is 1.05. The molecule has 1 aliphatic heterocycles. The molecular formula is C25H14N2O2S4. The number of hydrogen-bond donors (Lipinski definition) is 0. The van der Waals surface area contributed by atoms with E-state index in [1.165, 1.54) is 0 Å². The molecule has 1 spiro atoms. The van der Waals surface area contributed by atoms with Crippen molar-refractivity contribution >= 4 is 68.6 Å². The Morgan fingerprint density at radius 3 is 1.70 bits per heavy atom. The van der Waals surface area contributed by atoms with Gasteiger partial charge in [0, 0.05) is 30.6 Å². The molecule has 1 aliphatic carbocycles. The largest absolute Gasteiger partial charge is 0.340 e. The molecule has 33 heavy (non-hydrogen) atoms. The van der Waals surface area contributed by atoms with E-state index in [1.807, 2.05) is 47.2 Å². The van der Waals surface area contributed by atoms with Crippen molar-refractivity contribution in [3.05, 3.63) is 77.8 Å². The molecule has 2 aliphatic rings. The Morgan fingerprint density at radius 1 is 0.818 bits per heavy atom. The van der Waals surface area contributed by atoms with E-state index in [0.717, 1.165) is 40.4 Å². The zero-order chi connectivity index (χ0) is 22.4. The van der Waals surface area contributed by atoms with E-state index in [9.17, 15) is 10.5 Å². The Morgan fingerprint density at radius 2 is 1.30 bits per heavy atom. The van der Waals surface area contributed by atoms with Gasteiger partial charge >= 0.3 is 0 Å². The molecule has 0 saturated carbocycles. The van der Waals surface area contributed by atoms with Gasteiger partial charge in [0.25, 0.3) is 0 Å². The van der Waals surface area contributed by atoms with Crippen molar-refractivity contribution in [1.29, 1.82) is 10.5 Å². The molecule has 4 aromatic rings. The van der Waals surface area contributed by atoms with Crippen molar-refractivity contribution in [2.75, 3.05) is 13.2 Å². The predicted octanol–water partition coefficient (Wildman–Crippen LogP) is 7.29. The number of hydrogen-bond acceptors (Lipinski definition) is 8. The summed E-state index contributed by atoms with van der Waals surface area (Å²) in [5.41, 5.74) is 3.32. The number of nitriles is 2. The predicted molar refractivity (Wildman–Crippen MR) is 136 cm³/mol. The second kappa shape index (κ2) is 8.19. The zero-order valence-electron chi connectivity index (χ0n) is 17.0. The Kier molecular flexibility index (Phi) is 5.16. The highest BCUT2D eigenvalue weighted by Gasteiger charge is 2.51. The lowest BCUT2D eigenvalue weighted by Gasteiger charge is -2.22. The molecule has 0 atom stereocenters. The lowest BCUT2D eigenvalue weighted by atomic mass is 10.1. The summed E-state index contributed by atoms with van der Waals surface area (Å²) in [7, 11) is 0. The molecule has 1 fully saturated rings. The van der Waals surface area contributed by atoms with Crippen LogP contribution >= 0.6 is 45.3 Å². The molecule has 0 unspecified atom stereocenters. The molecule has 0 amide bonds. The smallest absolute Gasteiger partial charge is 0.225 e. The van der Waals surface area contributed by atoms with Crippen molar-refractivity contribution < 1.29 is 9.47 Å². The standard InChI is InChI=1S/C25H14N2O2S4/c26-13-15(21-3-1-7-30-21)9-17-11-19-23(32-17)24-20(25(19)28-5-6-29-25)12-18(33-24)10-16(14-27)22-4-2-8-31-22/h1-4,7-12H,5-6H2/b15-9+,16-10+. The van der Waals surface area contributed by atoms with Crippen molar-refractivity contribution in [2.24, 2.45) is 0 Å². The van der Waals surface area contributed by atoms with Crippen LogP contribution in [0.1, 0.15) is 30.6 Å². The topological polar surface area (TPSA) is 66.0 Å². The van der Waals surface area contributed by atoms with Crippen molar-refractivity contribution in [3.63, 3.8) is 0 Å². The van der Waals surface area contributed by atoms with Crippen molar-refractivity contribution in [1.82, 2.24) is 0 Å². The van der Waals surface area contributed by atoms with Crippen molar-refractivity contribution in [3.8, 4) is 21.9 Å². The number of nitrogens with zero attached hydrogens (tertiary/aromatic N) is 2. The first kappa shape index (κ1) is 20.8. The van der Waals surface area contributed by atoms with Crippen LogP contribution in [0.5, 0.6) is 0 Å². The summed E-state index contributed by atoms with van der Waals surface area (Å²) in [6.07, 6.45) is 3.88. The van der Waals surface area contributed by atoms with Crippen LogP contribution in [0, 0.1) is 22.7 Å². The Bertz CT molecular complexity index is 1370. The van der Waals surface area contributed by atoms with Gasteiger partial charge in [0.05, 0.1) is 34.1 Å². The molecule has 6 rings (SSSR count). The Balaban J connectivity index is 1.46. The minimum Gasteiger partial charge on any atom is -0.340 e. The zero-order valence-corrected chi connectivity index (χ0v) is 20.3. The second-order valence-electron chi connectivity index (χ2n) is 7.39. The molecule has 0 bridgehead atoms. The SMILES string of the molecule is N#C/C(=C\c1cc2c(s1)-c1sc(/C=C(\C#N)c3cccs3)cc1C21OCCO1)c1cccs1. The molecular weight excluding hydrogens is 489 g/mol. The highest BCUT2D eigenvalue weighted by atomic mass is 32.1. The average molecular weight is 503 g/mol. The van der Waals surface area contributed by atoms with Crippen LogP contribution in [0.2, 0.25) is 0 Å². The van der Waals surface area contributed by atoms with E-state index >= 15 is 0 Å². The minimum absolute atomic E-state index is 0.526. The molecule has 160 valence electrons. The minimum atomic E-state index is -0.901. The number of allylic oxidation sites excluding steroid dienone is 2. The molecule has 4 nitrogen and oxygen atoms in total. The summed E-state index contributed by atoms with van der Waals surface area (Å²) < 4.78 is 12.4. The first-order chi connectivity index (χ1) is 16.2. The summed E-state index contributed by atoms with van der Waals surface area (Å²) in [5, 5.41) is 23.3. The summed E-state index contributed by atoms with van der Waals surface area (Å²) >= 11 is 6.41. The third-order valence-corrected chi connectivity index (χ3v) is 9.63. The first-order valence-electron chi connectivity index (χ1n) is 10.1. The van der Waals surface area contributed by atoms with Crippen LogP contribution in [0.4, 0.5) is 0 Å². The van der Waals surface area contributed by atoms with Gasteiger partial charge in [0.1, 0.15) is 12.1 Å². The molecule has 0 aromatic carbocycles. The van der Waals surface area contributed by atoms with E-state index in [1.54, 1.807) is 45.3 Å². The van der Waals surface area contributed by atoms with Gasteiger partial charge in [-0.1, -0.05) is 12.1 Å². The van der Waals surface area contributed by atoms with Crippen LogP contribution in [-0.2, 0) is 15.3 Å². The molecule has 1 saturated heterocycles.